The zero-order valence-corrected chi connectivity index (χ0v) is 16.5. The van der Waals surface area contributed by atoms with Gasteiger partial charge in [-0.25, -0.2) is 13.1 Å². The summed E-state index contributed by atoms with van der Waals surface area (Å²) in [7, 11) is -4.41. The summed E-state index contributed by atoms with van der Waals surface area (Å²) in [5, 5.41) is 16.3. The maximum atomic E-state index is 12.7. The first-order valence-electron chi connectivity index (χ1n) is 7.75. The van der Waals surface area contributed by atoms with Crippen LogP contribution < -0.4 is 9.46 Å². The Morgan fingerprint density at radius 3 is 2.43 bits per heavy atom. The molecule has 0 unspecified atom stereocenters. The monoisotopic (exact) mass is 449 g/mol. The van der Waals surface area contributed by atoms with Crippen molar-refractivity contribution >= 4 is 32.7 Å². The summed E-state index contributed by atoms with van der Waals surface area (Å²) in [5.41, 5.74) is -1.19. The van der Waals surface area contributed by atoms with Gasteiger partial charge in [0.15, 0.2) is 0 Å². The molecule has 0 aliphatic carbocycles. The van der Waals surface area contributed by atoms with Crippen molar-refractivity contribution in [3.05, 3.63) is 69.0 Å². The van der Waals surface area contributed by atoms with E-state index < -0.39 is 39.2 Å². The second kappa shape index (κ2) is 7.84. The minimum atomic E-state index is -5.04. The number of alkyl halides is 3. The average Bonchev–Trinajstić information content (AvgIpc) is 3.32. The van der Waals surface area contributed by atoms with Gasteiger partial charge in [-0.2, -0.15) is 11.3 Å². The number of ether oxygens (including phenoxy) is 1. The van der Waals surface area contributed by atoms with Crippen LogP contribution in [0.4, 0.5) is 13.2 Å². The van der Waals surface area contributed by atoms with Crippen LogP contribution in [-0.4, -0.2) is 26.4 Å². The van der Waals surface area contributed by atoms with Crippen molar-refractivity contribution in [2.24, 2.45) is 0 Å². The Morgan fingerprint density at radius 2 is 1.82 bits per heavy atom. The molecule has 0 saturated heterocycles. The molecule has 1 atom stereocenters. The Labute approximate surface area is 167 Å². The van der Waals surface area contributed by atoms with Gasteiger partial charge in [-0.15, -0.1) is 24.5 Å². The number of aliphatic hydroxyl groups is 1. The minimum Gasteiger partial charge on any atom is -0.404 e. The lowest BCUT2D eigenvalue weighted by atomic mass is 9.95. The number of benzene rings is 1. The van der Waals surface area contributed by atoms with Gasteiger partial charge in [-0.3, -0.25) is 0 Å². The molecule has 0 spiro atoms. The molecule has 5 nitrogen and oxygen atoms in total. The molecule has 3 aromatic rings. The molecule has 0 fully saturated rings. The molecule has 150 valence electrons. The summed E-state index contributed by atoms with van der Waals surface area (Å²) in [4.78, 5) is -0.181. The summed E-state index contributed by atoms with van der Waals surface area (Å²) in [6, 6.07) is 9.43. The third-order valence-corrected chi connectivity index (χ3v) is 6.95. The van der Waals surface area contributed by atoms with Gasteiger partial charge in [0.2, 0.25) is 10.0 Å². The van der Waals surface area contributed by atoms with Crippen LogP contribution in [0.1, 0.15) is 10.4 Å². The van der Waals surface area contributed by atoms with E-state index in [1.807, 2.05) is 0 Å². The maximum Gasteiger partial charge on any atom is 0.573 e. The highest BCUT2D eigenvalue weighted by Gasteiger charge is 2.37. The van der Waals surface area contributed by atoms with E-state index in [4.69, 9.17) is 0 Å². The molecular weight excluding hydrogens is 435 g/mol. The van der Waals surface area contributed by atoms with Crippen molar-refractivity contribution in [2.45, 2.75) is 16.9 Å². The van der Waals surface area contributed by atoms with Crippen LogP contribution in [0.25, 0.3) is 0 Å². The Hall–Kier alpha value is -1.92. The smallest absolute Gasteiger partial charge is 0.404 e. The zero-order chi connectivity index (χ0) is 20.4. The second-order valence-electron chi connectivity index (χ2n) is 5.67. The number of hydrogen-bond donors (Lipinski definition) is 2. The number of halogens is 3. The highest BCUT2D eigenvalue weighted by molar-refractivity contribution is 7.89. The summed E-state index contributed by atoms with van der Waals surface area (Å²) >= 11 is 2.56. The van der Waals surface area contributed by atoms with Gasteiger partial charge in [-0.1, -0.05) is 18.2 Å². The van der Waals surface area contributed by atoms with Crippen molar-refractivity contribution in [1.29, 1.82) is 0 Å². The molecule has 28 heavy (non-hydrogen) atoms. The van der Waals surface area contributed by atoms with Crippen LogP contribution in [0.3, 0.4) is 0 Å². The zero-order valence-electron chi connectivity index (χ0n) is 14.0. The molecule has 2 aromatic heterocycles. The molecule has 3 rings (SSSR count). The Morgan fingerprint density at radius 1 is 1.07 bits per heavy atom. The Balaban J connectivity index is 1.91. The first kappa shape index (κ1) is 20.8. The van der Waals surface area contributed by atoms with Crippen LogP contribution in [-0.2, 0) is 15.6 Å². The van der Waals surface area contributed by atoms with E-state index in [1.165, 1.54) is 34.8 Å². The fourth-order valence-electron chi connectivity index (χ4n) is 2.50. The Kier molecular flexibility index (Phi) is 5.82. The summed E-state index contributed by atoms with van der Waals surface area (Å²) < 4.78 is 69.1. The summed E-state index contributed by atoms with van der Waals surface area (Å²) in [6.07, 6.45) is -5.04. The number of nitrogens with one attached hydrogen (secondary N) is 1. The third kappa shape index (κ3) is 4.55. The number of thiophene rings is 2. The minimum absolute atomic E-state index is 0.465. The molecule has 0 saturated carbocycles. The van der Waals surface area contributed by atoms with Crippen LogP contribution in [0.15, 0.2) is 63.5 Å². The maximum absolute atomic E-state index is 12.7. The topological polar surface area (TPSA) is 75.6 Å². The number of para-hydroxylation sites is 1. The highest BCUT2D eigenvalue weighted by atomic mass is 32.2. The molecule has 2 heterocycles. The summed E-state index contributed by atoms with van der Waals surface area (Å²) in [5.74, 6) is -0.849. The van der Waals surface area contributed by atoms with Gasteiger partial charge in [0.05, 0.1) is 0 Å². The van der Waals surface area contributed by atoms with Gasteiger partial charge in [-0.05, 0) is 40.4 Å². The van der Waals surface area contributed by atoms with Crippen LogP contribution in [0.2, 0.25) is 0 Å². The molecule has 11 heteroatoms. The molecule has 1 aromatic carbocycles. The SMILES string of the molecule is O=S(=O)(NC[C@@](O)(c1ccsc1)c1cccs1)c1ccccc1OC(F)(F)F. The normalized spacial score (nSPS) is 14.6. The third-order valence-electron chi connectivity index (χ3n) is 3.81. The standard InChI is InChI=1S/C17H14F3NO4S3/c18-17(19,20)25-13-4-1-2-5-14(13)28(23,24)21-11-16(22,12-7-9-26-10-12)15-6-3-8-27-15/h1-10,21-22H,11H2/t16-/m1/s1. The van der Waals surface area contributed by atoms with E-state index >= 15 is 0 Å². The van der Waals surface area contributed by atoms with Gasteiger partial charge < -0.3 is 9.84 Å². The van der Waals surface area contributed by atoms with E-state index in [0.717, 1.165) is 12.1 Å². The van der Waals surface area contributed by atoms with Gasteiger partial charge in [0.25, 0.3) is 0 Å². The lowest BCUT2D eigenvalue weighted by Gasteiger charge is -2.27. The average molecular weight is 449 g/mol. The Bertz CT molecular complexity index is 982. The predicted octanol–water partition coefficient (Wildman–Crippen LogP) is 3.92. The predicted molar refractivity (Wildman–Crippen MR) is 100.0 cm³/mol. The van der Waals surface area contributed by atoms with E-state index in [1.54, 1.807) is 34.3 Å². The molecule has 0 radical (unpaired) electrons. The second-order valence-corrected chi connectivity index (χ2v) is 9.13. The quantitative estimate of drug-likeness (QED) is 0.573. The lowest BCUT2D eigenvalue weighted by molar-refractivity contribution is -0.275. The van der Waals surface area contributed by atoms with E-state index in [0.29, 0.717) is 10.4 Å². The summed E-state index contributed by atoms with van der Waals surface area (Å²) in [6.45, 7) is -0.465. The largest absolute Gasteiger partial charge is 0.573 e. The molecule has 0 aliphatic heterocycles. The number of hydrogen-bond acceptors (Lipinski definition) is 6. The molecule has 0 aliphatic rings. The highest BCUT2D eigenvalue weighted by Crippen LogP contribution is 2.35. The van der Waals surface area contributed by atoms with Crippen molar-refractivity contribution in [3.63, 3.8) is 0 Å². The van der Waals surface area contributed by atoms with Gasteiger partial charge >= 0.3 is 6.36 Å². The van der Waals surface area contributed by atoms with Crippen LogP contribution in [0.5, 0.6) is 5.75 Å². The van der Waals surface area contributed by atoms with Gasteiger partial charge in [0, 0.05) is 17.0 Å². The fraction of sp³-hybridized carbons (Fsp3) is 0.176. The molecule has 0 amide bonds. The first-order valence-corrected chi connectivity index (χ1v) is 11.1. The number of sulfonamides is 1. The number of rotatable bonds is 7. The van der Waals surface area contributed by atoms with Crippen molar-refractivity contribution in [3.8, 4) is 5.75 Å². The molecule has 0 bridgehead atoms. The van der Waals surface area contributed by atoms with Crippen LogP contribution >= 0.6 is 22.7 Å². The molecular formula is C17H14F3NO4S3. The van der Waals surface area contributed by atoms with Gasteiger partial charge in [0.1, 0.15) is 16.2 Å². The molecule has 2 N–H and O–H groups in total. The fourth-order valence-corrected chi connectivity index (χ4v) is 5.26. The van der Waals surface area contributed by atoms with Crippen molar-refractivity contribution < 1.29 is 31.4 Å². The van der Waals surface area contributed by atoms with Crippen LogP contribution in [0, 0.1) is 0 Å². The van der Waals surface area contributed by atoms with E-state index in [9.17, 15) is 26.7 Å². The van der Waals surface area contributed by atoms with Crippen molar-refractivity contribution in [2.75, 3.05) is 6.54 Å². The van der Waals surface area contributed by atoms with E-state index in [-0.39, 0.29) is 0 Å². The lowest BCUT2D eigenvalue weighted by Crippen LogP contribution is -2.41. The van der Waals surface area contributed by atoms with Crippen molar-refractivity contribution in [1.82, 2.24) is 4.72 Å². The van der Waals surface area contributed by atoms with E-state index in [2.05, 4.69) is 9.46 Å². The first-order chi connectivity index (χ1) is 13.1.